The largest absolute Gasteiger partial charge is 0.493 e. The Hall–Kier alpha value is -1.92. The van der Waals surface area contributed by atoms with Gasteiger partial charge in [0.1, 0.15) is 6.61 Å². The number of ether oxygens (including phenoxy) is 3. The Morgan fingerprint density at radius 1 is 1.09 bits per heavy atom. The Morgan fingerprint density at radius 2 is 1.84 bits per heavy atom. The minimum absolute atomic E-state index is 0.223. The first-order valence-electron chi connectivity index (χ1n) is 9.47. The molecule has 0 saturated carbocycles. The van der Waals surface area contributed by atoms with Crippen molar-refractivity contribution < 1.29 is 19.0 Å². The number of hydrogen-bond acceptors (Lipinski definition) is 5. The van der Waals surface area contributed by atoms with Crippen LogP contribution in [-0.2, 0) is 16.1 Å². The molecule has 0 radical (unpaired) electrons. The fourth-order valence-electron chi connectivity index (χ4n) is 3.02. The van der Waals surface area contributed by atoms with E-state index in [4.69, 9.17) is 14.2 Å². The van der Waals surface area contributed by atoms with E-state index < -0.39 is 5.97 Å². The Balaban J connectivity index is 1.59. The highest BCUT2D eigenvalue weighted by molar-refractivity contribution is 14.1. The Bertz CT molecular complexity index is 1240. The second-order valence-corrected chi connectivity index (χ2v) is 10.0. The normalized spacial score (nSPS) is 14.3. The molecule has 162 valence electrons. The molecule has 0 unspecified atom stereocenters. The number of hydrogen-bond donors (Lipinski definition) is 0. The predicted molar refractivity (Wildman–Crippen MR) is 144 cm³/mol. The lowest BCUT2D eigenvalue weighted by atomic mass is 10.1. The number of esters is 1. The number of carbonyl (C=O) groups is 1. The number of aliphatic imine (C=N–C) groups is 1. The van der Waals surface area contributed by atoms with E-state index in [2.05, 4.69) is 66.1 Å². The average molecular weight is 716 g/mol. The van der Waals surface area contributed by atoms with Crippen molar-refractivity contribution in [3.8, 4) is 11.5 Å². The molecule has 0 aliphatic carbocycles. The van der Waals surface area contributed by atoms with Gasteiger partial charge in [0.15, 0.2) is 17.2 Å². The van der Waals surface area contributed by atoms with Crippen LogP contribution < -0.4 is 9.47 Å². The van der Waals surface area contributed by atoms with Gasteiger partial charge in [0.2, 0.25) is 5.90 Å². The van der Waals surface area contributed by atoms with E-state index >= 15 is 0 Å². The van der Waals surface area contributed by atoms with Gasteiger partial charge in [-0.3, -0.25) is 0 Å². The number of carbonyl (C=O) groups excluding carboxylic acids is 1. The van der Waals surface area contributed by atoms with Crippen LogP contribution in [0.3, 0.4) is 0 Å². The number of halogens is 3. The van der Waals surface area contributed by atoms with Crippen LogP contribution >= 0.6 is 61.1 Å². The van der Waals surface area contributed by atoms with Crippen molar-refractivity contribution in [1.29, 1.82) is 0 Å². The zero-order chi connectivity index (χ0) is 22.7. The zero-order valence-corrected chi connectivity index (χ0v) is 22.7. The molecule has 0 spiro atoms. The number of methoxy groups -OCH3 is 1. The van der Waals surface area contributed by atoms with Crippen molar-refractivity contribution in [3.05, 3.63) is 94.7 Å². The summed E-state index contributed by atoms with van der Waals surface area (Å²) in [5.41, 5.74) is 2.77. The Kier molecular flexibility index (Phi) is 7.51. The van der Waals surface area contributed by atoms with Crippen LogP contribution in [0, 0.1) is 7.14 Å². The van der Waals surface area contributed by atoms with E-state index in [1.165, 1.54) is 3.57 Å². The van der Waals surface area contributed by atoms with Crippen molar-refractivity contribution in [2.75, 3.05) is 7.11 Å². The molecule has 8 heteroatoms. The summed E-state index contributed by atoms with van der Waals surface area (Å²) in [6, 6.07) is 19.3. The summed E-state index contributed by atoms with van der Waals surface area (Å²) >= 11 is 7.93. The van der Waals surface area contributed by atoms with Crippen LogP contribution in [0.1, 0.15) is 16.7 Å². The van der Waals surface area contributed by atoms with E-state index in [-0.39, 0.29) is 11.6 Å². The molecule has 0 atom stereocenters. The molecule has 0 fully saturated rings. The third-order valence-electron chi connectivity index (χ3n) is 4.58. The van der Waals surface area contributed by atoms with Crippen molar-refractivity contribution in [3.63, 3.8) is 0 Å². The van der Waals surface area contributed by atoms with Gasteiger partial charge in [-0.15, -0.1) is 0 Å². The number of rotatable bonds is 6. The molecule has 3 aromatic carbocycles. The smallest absolute Gasteiger partial charge is 0.363 e. The number of nitrogens with zero attached hydrogens (tertiary/aromatic N) is 1. The minimum atomic E-state index is -0.497. The highest BCUT2D eigenvalue weighted by Crippen LogP contribution is 2.35. The molecule has 0 saturated heterocycles. The standard InChI is InChI=1S/C24H16BrI2NO4/c1-30-21-12-15(10-19(27)22(21)31-13-14-6-8-16(26)9-7-14)11-20-24(29)32-23(28-20)17-4-2-3-5-18(17)25/h2-12H,13H2,1H3/b20-11-. The average Bonchev–Trinajstić information content (AvgIpc) is 3.14. The molecule has 1 aliphatic rings. The summed E-state index contributed by atoms with van der Waals surface area (Å²) in [6.45, 7) is 0.426. The fourth-order valence-corrected chi connectivity index (χ4v) is 4.61. The second kappa shape index (κ2) is 10.3. The minimum Gasteiger partial charge on any atom is -0.493 e. The van der Waals surface area contributed by atoms with Crippen LogP contribution in [0.25, 0.3) is 6.08 Å². The first-order valence-corrected chi connectivity index (χ1v) is 12.4. The summed E-state index contributed by atoms with van der Waals surface area (Å²) in [6.07, 6.45) is 1.68. The predicted octanol–water partition coefficient (Wildman–Crippen LogP) is 6.59. The summed E-state index contributed by atoms with van der Waals surface area (Å²) in [5, 5.41) is 0. The molecule has 3 aromatic rings. The van der Waals surface area contributed by atoms with Gasteiger partial charge in [0, 0.05) is 8.04 Å². The fraction of sp³-hybridized carbons (Fsp3) is 0.0833. The van der Waals surface area contributed by atoms with Crippen LogP contribution in [0.15, 0.2) is 75.8 Å². The van der Waals surface area contributed by atoms with Gasteiger partial charge in [-0.05, 0) is 115 Å². The summed E-state index contributed by atoms with van der Waals surface area (Å²) in [4.78, 5) is 16.8. The summed E-state index contributed by atoms with van der Waals surface area (Å²) in [7, 11) is 1.59. The molecule has 0 bridgehead atoms. The van der Waals surface area contributed by atoms with E-state index in [0.29, 0.717) is 18.1 Å². The quantitative estimate of drug-likeness (QED) is 0.164. The van der Waals surface area contributed by atoms with Crippen LogP contribution in [0.5, 0.6) is 11.5 Å². The lowest BCUT2D eigenvalue weighted by Gasteiger charge is -2.14. The van der Waals surface area contributed by atoms with Gasteiger partial charge in [-0.1, -0.05) is 24.3 Å². The lowest BCUT2D eigenvalue weighted by Crippen LogP contribution is -2.05. The molecular formula is C24H16BrI2NO4. The van der Waals surface area contributed by atoms with Crippen molar-refractivity contribution in [2.24, 2.45) is 4.99 Å². The maximum absolute atomic E-state index is 12.4. The Labute approximate surface area is 221 Å². The molecule has 4 rings (SSSR count). The maximum Gasteiger partial charge on any atom is 0.363 e. The molecule has 1 heterocycles. The third-order valence-corrected chi connectivity index (χ3v) is 6.79. The van der Waals surface area contributed by atoms with Gasteiger partial charge in [-0.2, -0.15) is 0 Å². The monoisotopic (exact) mass is 715 g/mol. The van der Waals surface area contributed by atoms with E-state index in [0.717, 1.165) is 24.7 Å². The van der Waals surface area contributed by atoms with Gasteiger partial charge in [-0.25, -0.2) is 9.79 Å². The second-order valence-electron chi connectivity index (χ2n) is 6.77. The van der Waals surface area contributed by atoms with Crippen molar-refractivity contribution in [2.45, 2.75) is 6.61 Å². The molecule has 0 N–H and O–H groups in total. The molecule has 1 aliphatic heterocycles. The third kappa shape index (κ3) is 5.34. The van der Waals surface area contributed by atoms with Crippen LogP contribution in [0.2, 0.25) is 0 Å². The van der Waals surface area contributed by atoms with Crippen molar-refractivity contribution >= 4 is 79.1 Å². The molecule has 0 amide bonds. The van der Waals surface area contributed by atoms with E-state index in [9.17, 15) is 4.79 Å². The topological polar surface area (TPSA) is 57.1 Å². The number of cyclic esters (lactones) is 1. The van der Waals surface area contributed by atoms with Crippen LogP contribution in [0.4, 0.5) is 0 Å². The number of benzene rings is 3. The molecular weight excluding hydrogens is 700 g/mol. The summed E-state index contributed by atoms with van der Waals surface area (Å²) in [5.74, 6) is 1.01. The zero-order valence-electron chi connectivity index (χ0n) is 16.8. The Morgan fingerprint density at radius 3 is 2.56 bits per heavy atom. The van der Waals surface area contributed by atoms with Gasteiger partial charge >= 0.3 is 5.97 Å². The van der Waals surface area contributed by atoms with Crippen LogP contribution in [-0.4, -0.2) is 19.0 Å². The highest BCUT2D eigenvalue weighted by atomic mass is 127. The van der Waals surface area contributed by atoms with E-state index in [1.54, 1.807) is 13.2 Å². The SMILES string of the molecule is COc1cc(/C=C2\N=C(c3ccccc3Br)OC2=O)cc(I)c1OCc1ccc(I)cc1. The first kappa shape index (κ1) is 23.2. The molecule has 32 heavy (non-hydrogen) atoms. The lowest BCUT2D eigenvalue weighted by molar-refractivity contribution is -0.129. The maximum atomic E-state index is 12.4. The summed E-state index contributed by atoms with van der Waals surface area (Å²) < 4.78 is 19.8. The van der Waals surface area contributed by atoms with E-state index in [1.807, 2.05) is 60.7 Å². The van der Waals surface area contributed by atoms with Gasteiger partial charge in [0.05, 0.1) is 16.2 Å². The first-order chi connectivity index (χ1) is 15.4. The van der Waals surface area contributed by atoms with Gasteiger partial charge in [0.25, 0.3) is 0 Å². The molecule has 5 nitrogen and oxygen atoms in total. The van der Waals surface area contributed by atoms with Gasteiger partial charge < -0.3 is 14.2 Å². The van der Waals surface area contributed by atoms with Crippen molar-refractivity contribution in [1.82, 2.24) is 0 Å². The highest BCUT2D eigenvalue weighted by Gasteiger charge is 2.25. The molecule has 0 aromatic heterocycles.